The lowest BCUT2D eigenvalue weighted by molar-refractivity contribution is 0.171. The van der Waals surface area contributed by atoms with Crippen molar-refractivity contribution in [2.24, 2.45) is 0 Å². The van der Waals surface area contributed by atoms with Crippen LogP contribution in [0, 0.1) is 6.92 Å². The molecule has 0 aliphatic carbocycles. The Hall–Kier alpha value is -0.380. The minimum Gasteiger partial charge on any atom is -0.388 e. The van der Waals surface area contributed by atoms with Crippen molar-refractivity contribution in [3.63, 3.8) is 0 Å². The first kappa shape index (κ1) is 9.71. The maximum absolute atomic E-state index is 9.64. The van der Waals surface area contributed by atoms with Gasteiger partial charge in [-0.2, -0.15) is 0 Å². The molecule has 0 saturated heterocycles. The average molecular weight is 185 g/mol. The number of aryl methyl sites for hydroxylation is 1. The van der Waals surface area contributed by atoms with E-state index in [2.05, 4.69) is 12.2 Å². The first-order chi connectivity index (χ1) is 5.74. The van der Waals surface area contributed by atoms with Crippen molar-refractivity contribution in [2.75, 3.05) is 13.6 Å². The molecule has 0 bridgehead atoms. The van der Waals surface area contributed by atoms with Gasteiger partial charge in [-0.05, 0) is 39.1 Å². The Morgan fingerprint density at radius 3 is 2.83 bits per heavy atom. The summed E-state index contributed by atoms with van der Waals surface area (Å²) >= 11 is 1.67. The van der Waals surface area contributed by atoms with Gasteiger partial charge >= 0.3 is 0 Å². The van der Waals surface area contributed by atoms with Crippen LogP contribution >= 0.6 is 11.3 Å². The van der Waals surface area contributed by atoms with Crippen molar-refractivity contribution in [1.82, 2.24) is 5.32 Å². The van der Waals surface area contributed by atoms with E-state index in [4.69, 9.17) is 0 Å². The molecule has 12 heavy (non-hydrogen) atoms. The van der Waals surface area contributed by atoms with E-state index in [-0.39, 0.29) is 6.10 Å². The van der Waals surface area contributed by atoms with Gasteiger partial charge in [0.25, 0.3) is 0 Å². The van der Waals surface area contributed by atoms with E-state index in [0.717, 1.165) is 17.8 Å². The number of hydrogen-bond donors (Lipinski definition) is 2. The highest BCUT2D eigenvalue weighted by atomic mass is 32.1. The van der Waals surface area contributed by atoms with Gasteiger partial charge in [0, 0.05) is 9.75 Å². The molecule has 1 heterocycles. The highest BCUT2D eigenvalue weighted by molar-refractivity contribution is 7.11. The van der Waals surface area contributed by atoms with E-state index >= 15 is 0 Å². The summed E-state index contributed by atoms with van der Waals surface area (Å²) < 4.78 is 0. The molecule has 0 aromatic carbocycles. The van der Waals surface area contributed by atoms with E-state index in [1.807, 2.05) is 19.2 Å². The van der Waals surface area contributed by atoms with E-state index in [1.54, 1.807) is 11.3 Å². The Kier molecular flexibility index (Phi) is 3.72. The van der Waals surface area contributed by atoms with Gasteiger partial charge in [-0.3, -0.25) is 0 Å². The number of thiophene rings is 1. The Morgan fingerprint density at radius 1 is 1.58 bits per heavy atom. The fourth-order valence-electron chi connectivity index (χ4n) is 1.06. The van der Waals surface area contributed by atoms with Gasteiger partial charge in [-0.1, -0.05) is 0 Å². The Balaban J connectivity index is 2.47. The Morgan fingerprint density at radius 2 is 2.33 bits per heavy atom. The van der Waals surface area contributed by atoms with Gasteiger partial charge in [0.1, 0.15) is 0 Å². The molecule has 0 aliphatic heterocycles. The molecular weight excluding hydrogens is 170 g/mol. The summed E-state index contributed by atoms with van der Waals surface area (Å²) in [4.78, 5) is 2.33. The molecule has 0 fully saturated rings. The Labute approximate surface area is 77.2 Å². The third kappa shape index (κ3) is 2.59. The summed E-state index contributed by atoms with van der Waals surface area (Å²) in [7, 11) is 1.90. The summed E-state index contributed by atoms with van der Waals surface area (Å²) in [6.07, 6.45) is 0.493. The normalized spacial score (nSPS) is 13.2. The Bertz CT molecular complexity index is 234. The first-order valence-corrected chi connectivity index (χ1v) is 4.94. The van der Waals surface area contributed by atoms with E-state index in [1.165, 1.54) is 4.88 Å². The molecular formula is C9H15NOS. The van der Waals surface area contributed by atoms with E-state index in [9.17, 15) is 5.11 Å². The van der Waals surface area contributed by atoms with Crippen LogP contribution in [0.25, 0.3) is 0 Å². The summed E-state index contributed by atoms with van der Waals surface area (Å²) in [5.74, 6) is 0. The van der Waals surface area contributed by atoms with Gasteiger partial charge in [-0.25, -0.2) is 0 Å². The maximum atomic E-state index is 9.64. The molecule has 1 aromatic rings. The number of rotatable bonds is 4. The fraction of sp³-hybridized carbons (Fsp3) is 0.556. The van der Waals surface area contributed by atoms with Crippen LogP contribution in [0.2, 0.25) is 0 Å². The third-order valence-corrected chi connectivity index (χ3v) is 2.86. The van der Waals surface area contributed by atoms with Crippen molar-refractivity contribution in [3.8, 4) is 0 Å². The van der Waals surface area contributed by atoms with Crippen LogP contribution in [-0.2, 0) is 0 Å². The largest absolute Gasteiger partial charge is 0.388 e. The molecule has 0 radical (unpaired) electrons. The van der Waals surface area contributed by atoms with Gasteiger partial charge in [0.2, 0.25) is 0 Å². The van der Waals surface area contributed by atoms with Crippen molar-refractivity contribution in [2.45, 2.75) is 19.4 Å². The number of aliphatic hydroxyl groups is 1. The van der Waals surface area contributed by atoms with E-state index < -0.39 is 0 Å². The summed E-state index contributed by atoms with van der Waals surface area (Å²) in [5, 5.41) is 12.7. The van der Waals surface area contributed by atoms with Gasteiger partial charge in [0.15, 0.2) is 0 Å². The number of aliphatic hydroxyl groups excluding tert-OH is 1. The predicted molar refractivity (Wildman–Crippen MR) is 52.6 cm³/mol. The second-order valence-electron chi connectivity index (χ2n) is 2.86. The molecule has 2 N–H and O–H groups in total. The zero-order chi connectivity index (χ0) is 8.97. The summed E-state index contributed by atoms with van der Waals surface area (Å²) in [6.45, 7) is 2.91. The summed E-state index contributed by atoms with van der Waals surface area (Å²) in [5.41, 5.74) is 0. The molecule has 0 spiro atoms. The van der Waals surface area contributed by atoms with Crippen molar-refractivity contribution < 1.29 is 5.11 Å². The topological polar surface area (TPSA) is 32.3 Å². The molecule has 68 valence electrons. The van der Waals surface area contributed by atoms with Crippen molar-refractivity contribution in [1.29, 1.82) is 0 Å². The van der Waals surface area contributed by atoms with Gasteiger partial charge in [-0.15, -0.1) is 11.3 Å². The van der Waals surface area contributed by atoms with Crippen LogP contribution in [0.3, 0.4) is 0 Å². The second kappa shape index (κ2) is 4.60. The smallest absolute Gasteiger partial charge is 0.0894 e. The predicted octanol–water partition coefficient (Wildman–Crippen LogP) is 1.70. The van der Waals surface area contributed by atoms with Crippen LogP contribution in [0.15, 0.2) is 12.1 Å². The van der Waals surface area contributed by atoms with Gasteiger partial charge in [0.05, 0.1) is 6.10 Å². The lowest BCUT2D eigenvalue weighted by Crippen LogP contribution is -2.11. The monoisotopic (exact) mass is 185 g/mol. The standard InChI is InChI=1S/C9H15NOS/c1-7-3-4-9(12-7)8(11)5-6-10-2/h3-4,8,10-11H,5-6H2,1-2H3. The molecule has 1 unspecified atom stereocenters. The van der Waals surface area contributed by atoms with Crippen molar-refractivity contribution >= 4 is 11.3 Å². The second-order valence-corrected chi connectivity index (χ2v) is 4.18. The molecule has 2 nitrogen and oxygen atoms in total. The fourth-order valence-corrected chi connectivity index (χ4v) is 1.95. The van der Waals surface area contributed by atoms with Crippen LogP contribution in [-0.4, -0.2) is 18.7 Å². The lowest BCUT2D eigenvalue weighted by atomic mass is 10.2. The van der Waals surface area contributed by atoms with Crippen LogP contribution in [0.1, 0.15) is 22.3 Å². The quantitative estimate of drug-likeness (QED) is 0.748. The molecule has 3 heteroatoms. The third-order valence-electron chi connectivity index (χ3n) is 1.76. The number of nitrogens with one attached hydrogen (secondary N) is 1. The first-order valence-electron chi connectivity index (χ1n) is 4.13. The molecule has 0 saturated carbocycles. The molecule has 1 aromatic heterocycles. The molecule has 0 aliphatic rings. The maximum Gasteiger partial charge on any atom is 0.0894 e. The zero-order valence-electron chi connectivity index (χ0n) is 7.50. The lowest BCUT2D eigenvalue weighted by Gasteiger charge is -2.06. The van der Waals surface area contributed by atoms with Crippen molar-refractivity contribution in [3.05, 3.63) is 21.9 Å². The zero-order valence-corrected chi connectivity index (χ0v) is 8.32. The highest BCUT2D eigenvalue weighted by Crippen LogP contribution is 2.24. The molecule has 0 amide bonds. The SMILES string of the molecule is CNCCC(O)c1ccc(C)s1. The van der Waals surface area contributed by atoms with Crippen LogP contribution in [0.4, 0.5) is 0 Å². The van der Waals surface area contributed by atoms with Crippen LogP contribution in [0.5, 0.6) is 0 Å². The highest BCUT2D eigenvalue weighted by Gasteiger charge is 2.07. The minimum atomic E-state index is -0.295. The average Bonchev–Trinajstić information content (AvgIpc) is 2.47. The van der Waals surface area contributed by atoms with Crippen LogP contribution < -0.4 is 5.32 Å². The van der Waals surface area contributed by atoms with Gasteiger partial charge < -0.3 is 10.4 Å². The number of hydrogen-bond acceptors (Lipinski definition) is 3. The molecule has 1 atom stereocenters. The minimum absolute atomic E-state index is 0.295. The van der Waals surface area contributed by atoms with E-state index in [0.29, 0.717) is 0 Å². The molecule has 1 rings (SSSR count). The summed E-state index contributed by atoms with van der Waals surface area (Å²) in [6, 6.07) is 4.04.